The summed E-state index contributed by atoms with van der Waals surface area (Å²) in [5.41, 5.74) is 0.184. The first-order chi connectivity index (χ1) is 9.86. The number of piperidine rings is 1. The molecule has 0 saturated carbocycles. The molecule has 0 aliphatic carbocycles. The Morgan fingerprint density at radius 1 is 1.43 bits per heavy atom. The topological polar surface area (TPSA) is 97.6 Å². The quantitative estimate of drug-likeness (QED) is 0.477. The van der Waals surface area contributed by atoms with Crippen LogP contribution in [0.1, 0.15) is 18.4 Å². The molecular weight excluding hydrogens is 296 g/mol. The number of nitro groups is 1. The van der Waals surface area contributed by atoms with Crippen molar-refractivity contribution >= 4 is 22.0 Å². The number of aldehydes is 1. The summed E-state index contributed by atoms with van der Waals surface area (Å²) in [7, 11) is -3.81. The van der Waals surface area contributed by atoms with Crippen LogP contribution in [0.25, 0.3) is 0 Å². The highest BCUT2D eigenvalue weighted by molar-refractivity contribution is 7.89. The summed E-state index contributed by atoms with van der Waals surface area (Å²) in [5.74, 6) is -0.311. The fourth-order valence-electron chi connectivity index (χ4n) is 2.40. The molecule has 2 rings (SSSR count). The lowest BCUT2D eigenvalue weighted by Crippen LogP contribution is -2.40. The third-order valence-electron chi connectivity index (χ3n) is 3.63. The van der Waals surface area contributed by atoms with Gasteiger partial charge in [0.15, 0.2) is 0 Å². The Morgan fingerprint density at radius 2 is 2.14 bits per heavy atom. The van der Waals surface area contributed by atoms with Crippen LogP contribution in [0.3, 0.4) is 0 Å². The molecule has 0 bridgehead atoms. The second kappa shape index (κ2) is 5.90. The minimum absolute atomic E-state index is 0.105. The Balaban J connectivity index is 2.37. The van der Waals surface area contributed by atoms with Crippen molar-refractivity contribution in [2.24, 2.45) is 5.92 Å². The summed E-state index contributed by atoms with van der Waals surface area (Å²) in [4.78, 5) is 21.1. The molecule has 1 aliphatic rings. The largest absolute Gasteiger partial charge is 0.303 e. The van der Waals surface area contributed by atoms with E-state index in [1.807, 2.05) is 0 Å². The number of rotatable bonds is 4. The van der Waals surface area contributed by atoms with Gasteiger partial charge in [0.2, 0.25) is 10.0 Å². The van der Waals surface area contributed by atoms with Crippen molar-refractivity contribution in [3.63, 3.8) is 0 Å². The summed E-state index contributed by atoms with van der Waals surface area (Å²) >= 11 is 0. The van der Waals surface area contributed by atoms with E-state index in [0.29, 0.717) is 24.9 Å². The van der Waals surface area contributed by atoms with Gasteiger partial charge >= 0.3 is 0 Å². The van der Waals surface area contributed by atoms with Crippen LogP contribution in [0.5, 0.6) is 0 Å². The Labute approximate surface area is 122 Å². The second-order valence-corrected chi connectivity index (χ2v) is 7.04. The summed E-state index contributed by atoms with van der Waals surface area (Å²) in [6, 6.07) is 3.86. The van der Waals surface area contributed by atoms with E-state index in [2.05, 4.69) is 0 Å². The Morgan fingerprint density at radius 3 is 2.76 bits per heavy atom. The molecule has 21 heavy (non-hydrogen) atoms. The monoisotopic (exact) mass is 312 g/mol. The van der Waals surface area contributed by atoms with Crippen LogP contribution in [-0.4, -0.2) is 37.0 Å². The number of benzene rings is 1. The van der Waals surface area contributed by atoms with Crippen molar-refractivity contribution < 1.29 is 18.1 Å². The summed E-state index contributed by atoms with van der Waals surface area (Å²) in [5, 5.41) is 10.9. The van der Waals surface area contributed by atoms with Crippen LogP contribution in [0.15, 0.2) is 23.1 Å². The van der Waals surface area contributed by atoms with E-state index in [1.54, 1.807) is 6.92 Å². The predicted octanol–water partition coefficient (Wildman–Crippen LogP) is 1.50. The van der Waals surface area contributed by atoms with Gasteiger partial charge in [-0.3, -0.25) is 10.1 Å². The molecule has 8 heteroatoms. The van der Waals surface area contributed by atoms with Gasteiger partial charge in [0.1, 0.15) is 6.29 Å². The maximum Gasteiger partial charge on any atom is 0.273 e. The number of nitrogens with zero attached hydrogens (tertiary/aromatic N) is 2. The van der Waals surface area contributed by atoms with Gasteiger partial charge in [-0.05, 0) is 25.8 Å². The molecule has 0 N–H and O–H groups in total. The molecular formula is C13H16N2O5S. The first-order valence-corrected chi connectivity index (χ1v) is 8.00. The SMILES string of the molecule is Cc1ccc(S(=O)(=O)N2CCCC(C=O)C2)cc1[N+](=O)[O-]. The van der Waals surface area contributed by atoms with E-state index >= 15 is 0 Å². The average molecular weight is 312 g/mol. The lowest BCUT2D eigenvalue weighted by atomic mass is 10.0. The van der Waals surface area contributed by atoms with Gasteiger partial charge in [-0.2, -0.15) is 4.31 Å². The van der Waals surface area contributed by atoms with Gasteiger partial charge in [-0.1, -0.05) is 6.07 Å². The van der Waals surface area contributed by atoms with Crippen LogP contribution in [0, 0.1) is 23.0 Å². The van der Waals surface area contributed by atoms with E-state index in [-0.39, 0.29) is 23.0 Å². The zero-order valence-corrected chi connectivity index (χ0v) is 12.4. The zero-order chi connectivity index (χ0) is 15.6. The molecule has 0 amide bonds. The van der Waals surface area contributed by atoms with Gasteiger partial charge in [0.05, 0.1) is 9.82 Å². The molecule has 1 heterocycles. The van der Waals surface area contributed by atoms with Crippen molar-refractivity contribution in [3.8, 4) is 0 Å². The number of aryl methyl sites for hydroxylation is 1. The molecule has 1 atom stereocenters. The van der Waals surface area contributed by atoms with E-state index in [9.17, 15) is 23.3 Å². The summed E-state index contributed by atoms with van der Waals surface area (Å²) in [6.07, 6.45) is 2.04. The van der Waals surface area contributed by atoms with Crippen LogP contribution in [-0.2, 0) is 14.8 Å². The lowest BCUT2D eigenvalue weighted by molar-refractivity contribution is -0.385. The highest BCUT2D eigenvalue weighted by Gasteiger charge is 2.31. The highest BCUT2D eigenvalue weighted by Crippen LogP contribution is 2.27. The first kappa shape index (κ1) is 15.6. The Bertz CT molecular complexity index is 671. The predicted molar refractivity (Wildman–Crippen MR) is 75.4 cm³/mol. The summed E-state index contributed by atoms with van der Waals surface area (Å²) < 4.78 is 26.3. The minimum Gasteiger partial charge on any atom is -0.303 e. The number of carbonyl (C=O) groups is 1. The van der Waals surface area contributed by atoms with E-state index < -0.39 is 14.9 Å². The van der Waals surface area contributed by atoms with Crippen LogP contribution in [0.2, 0.25) is 0 Å². The second-order valence-electron chi connectivity index (χ2n) is 5.11. The molecule has 1 aromatic carbocycles. The molecule has 1 aliphatic heterocycles. The summed E-state index contributed by atoms with van der Waals surface area (Å²) in [6.45, 7) is 2.01. The van der Waals surface area contributed by atoms with Crippen molar-refractivity contribution in [3.05, 3.63) is 33.9 Å². The maximum absolute atomic E-state index is 12.5. The van der Waals surface area contributed by atoms with Gasteiger partial charge < -0.3 is 4.79 Å². The Hall–Kier alpha value is -1.80. The van der Waals surface area contributed by atoms with Crippen molar-refractivity contribution in [2.45, 2.75) is 24.7 Å². The molecule has 7 nitrogen and oxygen atoms in total. The molecule has 1 unspecified atom stereocenters. The van der Waals surface area contributed by atoms with Crippen molar-refractivity contribution in [1.29, 1.82) is 0 Å². The number of hydrogen-bond acceptors (Lipinski definition) is 5. The van der Waals surface area contributed by atoms with Crippen LogP contribution in [0.4, 0.5) is 5.69 Å². The highest BCUT2D eigenvalue weighted by atomic mass is 32.2. The normalized spacial score (nSPS) is 20.1. The van der Waals surface area contributed by atoms with Crippen LogP contribution >= 0.6 is 0 Å². The number of sulfonamides is 1. The Kier molecular flexibility index (Phi) is 4.38. The van der Waals surface area contributed by atoms with Gasteiger partial charge in [0.25, 0.3) is 5.69 Å². The standard InChI is InChI=1S/C13H16N2O5S/c1-10-4-5-12(7-13(10)15(17)18)21(19,20)14-6-2-3-11(8-14)9-16/h4-5,7,9,11H,2-3,6,8H2,1H3. The number of hydrogen-bond donors (Lipinski definition) is 0. The lowest BCUT2D eigenvalue weighted by Gasteiger charge is -2.29. The maximum atomic E-state index is 12.5. The minimum atomic E-state index is -3.81. The van der Waals surface area contributed by atoms with Gasteiger partial charge in [0, 0.05) is 30.6 Å². The smallest absolute Gasteiger partial charge is 0.273 e. The molecule has 1 fully saturated rings. The first-order valence-electron chi connectivity index (χ1n) is 6.56. The van der Waals surface area contributed by atoms with E-state index in [0.717, 1.165) is 12.4 Å². The third kappa shape index (κ3) is 3.11. The molecule has 0 spiro atoms. The zero-order valence-electron chi connectivity index (χ0n) is 11.6. The van der Waals surface area contributed by atoms with E-state index in [4.69, 9.17) is 0 Å². The van der Waals surface area contributed by atoms with Gasteiger partial charge in [-0.25, -0.2) is 8.42 Å². The van der Waals surface area contributed by atoms with Crippen molar-refractivity contribution in [2.75, 3.05) is 13.1 Å². The molecule has 1 saturated heterocycles. The molecule has 114 valence electrons. The van der Waals surface area contributed by atoms with Crippen LogP contribution < -0.4 is 0 Å². The van der Waals surface area contributed by atoms with Gasteiger partial charge in [-0.15, -0.1) is 0 Å². The van der Waals surface area contributed by atoms with Crippen molar-refractivity contribution in [1.82, 2.24) is 4.31 Å². The molecule has 0 radical (unpaired) electrons. The number of nitro benzene ring substituents is 1. The fraction of sp³-hybridized carbons (Fsp3) is 0.462. The number of carbonyl (C=O) groups excluding carboxylic acids is 1. The van der Waals surface area contributed by atoms with E-state index in [1.165, 1.54) is 16.4 Å². The fourth-order valence-corrected chi connectivity index (χ4v) is 3.95. The third-order valence-corrected chi connectivity index (χ3v) is 5.49. The molecule has 1 aromatic rings. The molecule has 0 aromatic heterocycles. The average Bonchev–Trinajstić information content (AvgIpc) is 2.47.